The summed E-state index contributed by atoms with van der Waals surface area (Å²) in [5.41, 5.74) is 8.80. The summed E-state index contributed by atoms with van der Waals surface area (Å²) in [6.07, 6.45) is 5.56. The van der Waals surface area contributed by atoms with Gasteiger partial charge >= 0.3 is 0 Å². The van der Waals surface area contributed by atoms with E-state index in [1.807, 2.05) is 30.3 Å². The van der Waals surface area contributed by atoms with Crippen LogP contribution in [0.4, 0.5) is 5.82 Å². The van der Waals surface area contributed by atoms with Gasteiger partial charge in [0.1, 0.15) is 17.6 Å². The van der Waals surface area contributed by atoms with Crippen molar-refractivity contribution in [2.24, 2.45) is 5.92 Å². The summed E-state index contributed by atoms with van der Waals surface area (Å²) in [5, 5.41) is 12.9. The molecule has 0 radical (unpaired) electrons. The Morgan fingerprint density at radius 1 is 1.15 bits per heavy atom. The number of hydrogen-bond donors (Lipinski definition) is 3. The number of nitriles is 1. The zero-order chi connectivity index (χ0) is 17.8. The largest absolute Gasteiger partial charge is 0.492 e. The van der Waals surface area contributed by atoms with E-state index >= 15 is 0 Å². The van der Waals surface area contributed by atoms with Gasteiger partial charge in [-0.05, 0) is 54.2 Å². The lowest BCUT2D eigenvalue weighted by atomic mass is 9.86. The van der Waals surface area contributed by atoms with E-state index in [1.165, 1.54) is 19.3 Å². The molecular formula is C20H23N5O. The lowest BCUT2D eigenvalue weighted by Crippen LogP contribution is -2.24. The van der Waals surface area contributed by atoms with E-state index in [0.717, 1.165) is 30.0 Å². The van der Waals surface area contributed by atoms with Gasteiger partial charge in [-0.15, -0.1) is 0 Å². The minimum absolute atomic E-state index is 0.315. The number of ether oxygens (including phenoxy) is 1. The van der Waals surface area contributed by atoms with Gasteiger partial charge in [-0.25, -0.2) is 4.98 Å². The molecule has 134 valence electrons. The molecule has 0 spiro atoms. The first-order valence-electron chi connectivity index (χ1n) is 9.17. The SMILES string of the molecule is N#Cc1cc(-c2ccnc(NC3CNNC3)c2)ccc1OCC1CCC1. The van der Waals surface area contributed by atoms with Gasteiger partial charge in [-0.2, -0.15) is 5.26 Å². The molecule has 2 aliphatic rings. The second kappa shape index (κ2) is 7.73. The molecule has 1 aromatic carbocycles. The van der Waals surface area contributed by atoms with Gasteiger partial charge in [0.15, 0.2) is 0 Å². The molecule has 6 heteroatoms. The van der Waals surface area contributed by atoms with Gasteiger partial charge in [0.05, 0.1) is 18.2 Å². The van der Waals surface area contributed by atoms with Crippen molar-refractivity contribution in [3.05, 3.63) is 42.1 Å². The first kappa shape index (κ1) is 16.8. The molecule has 1 aromatic heterocycles. The highest BCUT2D eigenvalue weighted by atomic mass is 16.5. The van der Waals surface area contributed by atoms with Crippen molar-refractivity contribution in [2.45, 2.75) is 25.3 Å². The summed E-state index contributed by atoms with van der Waals surface area (Å²) in [4.78, 5) is 4.40. The maximum Gasteiger partial charge on any atom is 0.137 e. The van der Waals surface area contributed by atoms with Crippen molar-refractivity contribution in [1.29, 1.82) is 5.26 Å². The third kappa shape index (κ3) is 3.79. The average Bonchev–Trinajstić information content (AvgIpc) is 3.14. The standard InChI is InChI=1S/C20H23N5O/c21-10-17-8-15(4-5-19(17)26-13-14-2-1-3-14)16-6-7-22-20(9-16)25-18-11-23-24-12-18/h4-9,14,18,23-24H,1-3,11-13H2,(H,22,25). The molecule has 1 saturated carbocycles. The fraction of sp³-hybridized carbons (Fsp3) is 0.400. The highest BCUT2D eigenvalue weighted by Crippen LogP contribution is 2.30. The van der Waals surface area contributed by atoms with Crippen LogP contribution in [0.25, 0.3) is 11.1 Å². The van der Waals surface area contributed by atoms with Gasteiger partial charge in [0.25, 0.3) is 0 Å². The maximum absolute atomic E-state index is 9.50. The quantitative estimate of drug-likeness (QED) is 0.744. The number of aromatic nitrogens is 1. The van der Waals surface area contributed by atoms with Crippen LogP contribution in [0.3, 0.4) is 0 Å². The van der Waals surface area contributed by atoms with Crippen molar-refractivity contribution in [2.75, 3.05) is 25.0 Å². The molecule has 26 heavy (non-hydrogen) atoms. The van der Waals surface area contributed by atoms with Crippen molar-refractivity contribution < 1.29 is 4.74 Å². The van der Waals surface area contributed by atoms with Crippen LogP contribution in [-0.4, -0.2) is 30.7 Å². The predicted octanol–water partition coefficient (Wildman–Crippen LogP) is 2.69. The number of nitrogens with one attached hydrogen (secondary N) is 3. The molecule has 0 atom stereocenters. The Kier molecular flexibility index (Phi) is 5.00. The fourth-order valence-corrected chi connectivity index (χ4v) is 3.25. The summed E-state index contributed by atoms with van der Waals surface area (Å²) < 4.78 is 5.87. The van der Waals surface area contributed by atoms with E-state index in [2.05, 4.69) is 27.2 Å². The number of hydrogen-bond acceptors (Lipinski definition) is 6. The van der Waals surface area contributed by atoms with E-state index in [4.69, 9.17) is 4.74 Å². The number of rotatable bonds is 6. The van der Waals surface area contributed by atoms with Crippen LogP contribution in [-0.2, 0) is 0 Å². The Hall–Kier alpha value is -2.62. The number of anilines is 1. The van der Waals surface area contributed by atoms with Crippen LogP contribution in [0, 0.1) is 17.2 Å². The first-order chi connectivity index (χ1) is 12.8. The molecular weight excluding hydrogens is 326 g/mol. The van der Waals surface area contributed by atoms with Gasteiger partial charge in [0, 0.05) is 19.3 Å². The smallest absolute Gasteiger partial charge is 0.137 e. The van der Waals surface area contributed by atoms with Crippen LogP contribution in [0.1, 0.15) is 24.8 Å². The fourth-order valence-electron chi connectivity index (χ4n) is 3.25. The molecule has 0 unspecified atom stereocenters. The normalized spacial score (nSPS) is 17.5. The summed E-state index contributed by atoms with van der Waals surface area (Å²) in [7, 11) is 0. The average molecular weight is 349 g/mol. The Morgan fingerprint density at radius 3 is 2.69 bits per heavy atom. The van der Waals surface area contributed by atoms with Crippen LogP contribution < -0.4 is 20.9 Å². The van der Waals surface area contributed by atoms with E-state index in [0.29, 0.717) is 29.9 Å². The maximum atomic E-state index is 9.50. The molecule has 2 heterocycles. The summed E-state index contributed by atoms with van der Waals surface area (Å²) in [5.74, 6) is 2.16. The number of nitrogens with zero attached hydrogens (tertiary/aromatic N) is 2. The van der Waals surface area contributed by atoms with E-state index in [9.17, 15) is 5.26 Å². The molecule has 2 aromatic rings. The minimum Gasteiger partial charge on any atom is -0.492 e. The van der Waals surface area contributed by atoms with Crippen molar-refractivity contribution in [3.8, 4) is 22.9 Å². The lowest BCUT2D eigenvalue weighted by molar-refractivity contribution is 0.180. The summed E-state index contributed by atoms with van der Waals surface area (Å²) in [6, 6.07) is 12.4. The van der Waals surface area contributed by atoms with Crippen LogP contribution in [0.15, 0.2) is 36.5 Å². The molecule has 1 saturated heterocycles. The summed E-state index contributed by atoms with van der Waals surface area (Å²) in [6.45, 7) is 2.43. The number of hydrazine groups is 1. The van der Waals surface area contributed by atoms with Gasteiger partial charge in [-0.3, -0.25) is 10.9 Å². The third-order valence-electron chi connectivity index (χ3n) is 5.07. The molecule has 2 fully saturated rings. The monoisotopic (exact) mass is 349 g/mol. The van der Waals surface area contributed by atoms with Crippen molar-refractivity contribution in [1.82, 2.24) is 15.8 Å². The molecule has 3 N–H and O–H groups in total. The van der Waals surface area contributed by atoms with E-state index in [1.54, 1.807) is 6.20 Å². The predicted molar refractivity (Wildman–Crippen MR) is 101 cm³/mol. The van der Waals surface area contributed by atoms with Gasteiger partial charge < -0.3 is 10.1 Å². The molecule has 4 rings (SSSR count). The van der Waals surface area contributed by atoms with E-state index < -0.39 is 0 Å². The molecule has 0 bridgehead atoms. The Balaban J connectivity index is 1.50. The van der Waals surface area contributed by atoms with Gasteiger partial charge in [0.2, 0.25) is 0 Å². The van der Waals surface area contributed by atoms with Crippen molar-refractivity contribution >= 4 is 5.82 Å². The third-order valence-corrected chi connectivity index (χ3v) is 5.07. The second-order valence-corrected chi connectivity index (χ2v) is 6.96. The minimum atomic E-state index is 0.315. The lowest BCUT2D eigenvalue weighted by Gasteiger charge is -2.25. The molecule has 1 aliphatic carbocycles. The van der Waals surface area contributed by atoms with Crippen LogP contribution in [0.5, 0.6) is 5.75 Å². The van der Waals surface area contributed by atoms with Gasteiger partial charge in [-0.1, -0.05) is 12.5 Å². The van der Waals surface area contributed by atoms with Crippen LogP contribution in [0.2, 0.25) is 0 Å². The zero-order valence-corrected chi connectivity index (χ0v) is 14.7. The Labute approximate surface area is 153 Å². The Morgan fingerprint density at radius 2 is 1.96 bits per heavy atom. The highest BCUT2D eigenvalue weighted by molar-refractivity contribution is 5.69. The highest BCUT2D eigenvalue weighted by Gasteiger charge is 2.19. The first-order valence-corrected chi connectivity index (χ1v) is 9.17. The molecule has 1 aliphatic heterocycles. The Bertz CT molecular complexity index is 806. The second-order valence-electron chi connectivity index (χ2n) is 6.96. The number of pyridine rings is 1. The van der Waals surface area contributed by atoms with Crippen LogP contribution >= 0.6 is 0 Å². The molecule has 6 nitrogen and oxygen atoms in total. The van der Waals surface area contributed by atoms with E-state index in [-0.39, 0.29) is 0 Å². The summed E-state index contributed by atoms with van der Waals surface area (Å²) >= 11 is 0. The zero-order valence-electron chi connectivity index (χ0n) is 14.7. The molecule has 0 amide bonds. The van der Waals surface area contributed by atoms with Crippen molar-refractivity contribution in [3.63, 3.8) is 0 Å². The topological polar surface area (TPSA) is 82.0 Å². The number of benzene rings is 1.